The third-order valence-electron chi connectivity index (χ3n) is 8.38. The Morgan fingerprint density at radius 3 is 1.77 bits per heavy atom. The molecule has 44 heavy (non-hydrogen) atoms. The summed E-state index contributed by atoms with van der Waals surface area (Å²) in [6.07, 6.45) is 8.46. The van der Waals surface area contributed by atoms with Gasteiger partial charge in [-0.3, -0.25) is 9.69 Å². The maximum atomic E-state index is 13.6. The van der Waals surface area contributed by atoms with Crippen molar-refractivity contribution in [3.05, 3.63) is 169 Å². The smallest absolute Gasteiger partial charge is 0.222 e. The zero-order valence-corrected chi connectivity index (χ0v) is 26.3. The van der Waals surface area contributed by atoms with Gasteiger partial charge in [0.2, 0.25) is 5.91 Å². The van der Waals surface area contributed by atoms with Crippen LogP contribution >= 0.6 is 0 Å². The van der Waals surface area contributed by atoms with Crippen molar-refractivity contribution >= 4 is 5.91 Å². The summed E-state index contributed by atoms with van der Waals surface area (Å²) < 4.78 is 0. The summed E-state index contributed by atoms with van der Waals surface area (Å²) >= 11 is 0. The number of benzene rings is 4. The highest BCUT2D eigenvalue weighted by Gasteiger charge is 2.23. The lowest BCUT2D eigenvalue weighted by molar-refractivity contribution is -0.132. The molecule has 0 unspecified atom stereocenters. The van der Waals surface area contributed by atoms with E-state index in [0.29, 0.717) is 6.42 Å². The summed E-state index contributed by atoms with van der Waals surface area (Å²) in [5, 5.41) is 0. The second kappa shape index (κ2) is 17.0. The number of carbonyl (C=O) groups is 1. The number of amides is 1. The molecule has 0 N–H and O–H groups in total. The van der Waals surface area contributed by atoms with Crippen molar-refractivity contribution in [2.75, 3.05) is 7.05 Å². The molecule has 0 heterocycles. The van der Waals surface area contributed by atoms with Crippen LogP contribution in [-0.2, 0) is 24.3 Å². The van der Waals surface area contributed by atoms with E-state index in [-0.39, 0.29) is 18.0 Å². The van der Waals surface area contributed by atoms with Crippen LogP contribution in [0.2, 0.25) is 0 Å². The van der Waals surface area contributed by atoms with E-state index < -0.39 is 0 Å². The number of rotatable bonds is 16. The van der Waals surface area contributed by atoms with Crippen LogP contribution < -0.4 is 0 Å². The summed E-state index contributed by atoms with van der Waals surface area (Å²) in [6, 6.07) is 41.0. The molecule has 0 aliphatic rings. The minimum absolute atomic E-state index is 0.0698. The van der Waals surface area contributed by atoms with Gasteiger partial charge in [0.25, 0.3) is 0 Å². The first kappa shape index (κ1) is 32.4. The molecule has 0 fully saturated rings. The Balaban J connectivity index is 1.57. The molecule has 0 saturated heterocycles. The van der Waals surface area contributed by atoms with Crippen LogP contribution in [0.4, 0.5) is 0 Å². The molecule has 0 bridgehead atoms. The number of hydrogen-bond acceptors (Lipinski definition) is 2. The average Bonchev–Trinajstić information content (AvgIpc) is 3.07. The van der Waals surface area contributed by atoms with E-state index in [1.165, 1.54) is 27.8 Å². The normalized spacial score (nSPS) is 12.8. The topological polar surface area (TPSA) is 23.6 Å². The molecule has 0 aliphatic heterocycles. The van der Waals surface area contributed by atoms with E-state index in [0.717, 1.165) is 37.9 Å². The molecule has 2 atom stereocenters. The highest BCUT2D eigenvalue weighted by molar-refractivity contribution is 5.76. The van der Waals surface area contributed by atoms with Gasteiger partial charge in [-0.25, -0.2) is 0 Å². The van der Waals surface area contributed by atoms with E-state index in [4.69, 9.17) is 0 Å². The fourth-order valence-corrected chi connectivity index (χ4v) is 5.66. The molecule has 0 aromatic heterocycles. The lowest BCUT2D eigenvalue weighted by atomic mass is 9.96. The van der Waals surface area contributed by atoms with Crippen LogP contribution in [0.1, 0.15) is 42.9 Å². The Labute approximate surface area is 264 Å². The van der Waals surface area contributed by atoms with Crippen molar-refractivity contribution in [1.82, 2.24) is 9.80 Å². The van der Waals surface area contributed by atoms with Crippen LogP contribution in [0.15, 0.2) is 152 Å². The van der Waals surface area contributed by atoms with Gasteiger partial charge in [-0.2, -0.15) is 0 Å². The lowest BCUT2D eigenvalue weighted by Gasteiger charge is -2.33. The highest BCUT2D eigenvalue weighted by atomic mass is 16.2. The minimum atomic E-state index is 0.0698. The summed E-state index contributed by atoms with van der Waals surface area (Å²) in [6.45, 7) is 11.5. The van der Waals surface area contributed by atoms with E-state index >= 15 is 0 Å². The van der Waals surface area contributed by atoms with E-state index in [2.05, 4.69) is 134 Å². The molecule has 0 radical (unpaired) electrons. The van der Waals surface area contributed by atoms with Crippen molar-refractivity contribution in [3.63, 3.8) is 0 Å². The number of nitrogens with zero attached hydrogens (tertiary/aromatic N) is 2. The highest BCUT2D eigenvalue weighted by Crippen LogP contribution is 2.24. The SMILES string of the molecule is C=C/C=C(\C=C)C[C@@H](C)N(C)C(=O)CC[C@@H](Cc1ccc(-c2ccccc2)cc1)N(Cc1ccccc1)Cc1ccccc1. The van der Waals surface area contributed by atoms with Gasteiger partial charge in [0.05, 0.1) is 0 Å². The zero-order valence-electron chi connectivity index (χ0n) is 26.3. The fraction of sp³-hybridized carbons (Fsp3) is 0.244. The van der Waals surface area contributed by atoms with Crippen molar-refractivity contribution in [2.24, 2.45) is 0 Å². The fourth-order valence-electron chi connectivity index (χ4n) is 5.66. The first-order chi connectivity index (χ1) is 21.5. The molecule has 4 rings (SSSR count). The van der Waals surface area contributed by atoms with Crippen LogP contribution in [0, 0.1) is 0 Å². The van der Waals surface area contributed by atoms with Gasteiger partial charge in [0.15, 0.2) is 0 Å². The second-order valence-electron chi connectivity index (χ2n) is 11.6. The summed E-state index contributed by atoms with van der Waals surface area (Å²) in [5.41, 5.74) is 7.34. The number of carbonyl (C=O) groups excluding carboxylic acids is 1. The van der Waals surface area contributed by atoms with Gasteiger partial charge in [0.1, 0.15) is 0 Å². The van der Waals surface area contributed by atoms with Gasteiger partial charge >= 0.3 is 0 Å². The van der Waals surface area contributed by atoms with Gasteiger partial charge < -0.3 is 4.90 Å². The third kappa shape index (κ3) is 9.79. The van der Waals surface area contributed by atoms with Crippen LogP contribution in [0.25, 0.3) is 11.1 Å². The Hall–Kier alpha value is -4.47. The molecule has 0 aliphatic carbocycles. The minimum Gasteiger partial charge on any atom is -0.343 e. The zero-order chi connectivity index (χ0) is 31.1. The second-order valence-corrected chi connectivity index (χ2v) is 11.6. The van der Waals surface area contributed by atoms with E-state index in [9.17, 15) is 4.79 Å². The Morgan fingerprint density at radius 1 is 0.727 bits per heavy atom. The summed E-state index contributed by atoms with van der Waals surface area (Å²) in [4.78, 5) is 18.0. The predicted molar refractivity (Wildman–Crippen MR) is 186 cm³/mol. The maximum absolute atomic E-state index is 13.6. The van der Waals surface area contributed by atoms with Crippen LogP contribution in [-0.4, -0.2) is 34.8 Å². The first-order valence-electron chi connectivity index (χ1n) is 15.6. The molecule has 3 nitrogen and oxygen atoms in total. The van der Waals surface area contributed by atoms with Gasteiger partial charge in [0, 0.05) is 38.6 Å². The van der Waals surface area contributed by atoms with Gasteiger partial charge in [-0.15, -0.1) is 0 Å². The Bertz CT molecular complexity index is 1430. The Kier molecular flexibility index (Phi) is 12.5. The number of hydrogen-bond donors (Lipinski definition) is 0. The van der Waals surface area contributed by atoms with Crippen LogP contribution in [0.5, 0.6) is 0 Å². The standard InChI is InChI=1S/C41H46N2O/c1-5-16-34(6-2)29-33(3)42(4)41(44)28-27-40(30-35-23-25-39(26-24-35)38-21-14-9-15-22-38)43(31-36-17-10-7-11-18-36)32-37-19-12-8-13-20-37/h5-26,33,40H,1-2,27-32H2,3-4H3/b34-16+/t33-,40+/m1/s1. The Morgan fingerprint density at radius 2 is 1.25 bits per heavy atom. The summed E-state index contributed by atoms with van der Waals surface area (Å²) in [5.74, 6) is 0.170. The van der Waals surface area contributed by atoms with Gasteiger partial charge in [-0.05, 0) is 59.6 Å². The quantitative estimate of drug-likeness (QED) is 0.123. The number of allylic oxidation sites excluding steroid dienone is 3. The largest absolute Gasteiger partial charge is 0.343 e. The molecule has 0 spiro atoms. The lowest BCUT2D eigenvalue weighted by Crippen LogP contribution is -2.39. The van der Waals surface area contributed by atoms with Crippen molar-refractivity contribution in [3.8, 4) is 11.1 Å². The van der Waals surface area contributed by atoms with Gasteiger partial charge in [-0.1, -0.05) is 147 Å². The molecule has 226 valence electrons. The molecule has 4 aromatic carbocycles. The third-order valence-corrected chi connectivity index (χ3v) is 8.38. The van der Waals surface area contributed by atoms with Crippen molar-refractivity contribution < 1.29 is 4.79 Å². The first-order valence-corrected chi connectivity index (χ1v) is 15.6. The van der Waals surface area contributed by atoms with Crippen molar-refractivity contribution in [2.45, 2.75) is 57.8 Å². The molecule has 3 heteroatoms. The van der Waals surface area contributed by atoms with Crippen LogP contribution in [0.3, 0.4) is 0 Å². The maximum Gasteiger partial charge on any atom is 0.222 e. The molecule has 4 aromatic rings. The molecular weight excluding hydrogens is 536 g/mol. The molecular formula is C41H46N2O. The monoisotopic (exact) mass is 582 g/mol. The molecule has 0 saturated carbocycles. The summed E-state index contributed by atoms with van der Waals surface area (Å²) in [7, 11) is 1.92. The average molecular weight is 583 g/mol. The van der Waals surface area contributed by atoms with E-state index in [1.807, 2.05) is 30.2 Å². The predicted octanol–water partition coefficient (Wildman–Crippen LogP) is 9.28. The van der Waals surface area contributed by atoms with E-state index in [1.54, 1.807) is 6.08 Å². The van der Waals surface area contributed by atoms with Crippen molar-refractivity contribution in [1.29, 1.82) is 0 Å². The molecule has 1 amide bonds.